The predicted molar refractivity (Wildman–Crippen MR) is 78.7 cm³/mol. The van der Waals surface area contributed by atoms with Crippen molar-refractivity contribution in [2.75, 3.05) is 5.75 Å². The van der Waals surface area contributed by atoms with Gasteiger partial charge < -0.3 is 21.7 Å². The molecule has 8 nitrogen and oxygen atoms in total. The SMILES string of the molecule is N=C(N)N1C(C(=O)NC(CCS)C(=O)C(N)=O)CC2CC21. The molecule has 0 aromatic rings. The van der Waals surface area contributed by atoms with Gasteiger partial charge in [-0.25, -0.2) is 0 Å². The highest BCUT2D eigenvalue weighted by Gasteiger charge is 2.55. The van der Waals surface area contributed by atoms with E-state index >= 15 is 0 Å². The number of thiol groups is 1. The van der Waals surface area contributed by atoms with Gasteiger partial charge in [0.25, 0.3) is 5.91 Å². The molecule has 4 atom stereocenters. The molecular weight excluding hydrogens is 294 g/mol. The number of hydrogen-bond acceptors (Lipinski definition) is 5. The maximum atomic E-state index is 12.3. The van der Waals surface area contributed by atoms with Crippen LogP contribution in [0.3, 0.4) is 0 Å². The highest BCUT2D eigenvalue weighted by molar-refractivity contribution is 7.80. The van der Waals surface area contributed by atoms with Crippen molar-refractivity contribution in [3.8, 4) is 0 Å². The summed E-state index contributed by atoms with van der Waals surface area (Å²) >= 11 is 4.01. The first kappa shape index (κ1) is 15.6. The van der Waals surface area contributed by atoms with Gasteiger partial charge in [0.1, 0.15) is 6.04 Å². The molecule has 2 amide bonds. The van der Waals surface area contributed by atoms with Crippen molar-refractivity contribution < 1.29 is 14.4 Å². The molecular formula is C12H19N5O3S. The molecule has 0 spiro atoms. The van der Waals surface area contributed by atoms with Crippen LogP contribution >= 0.6 is 12.6 Å². The Hall–Kier alpha value is -1.77. The third-order valence-electron chi connectivity index (χ3n) is 3.98. The minimum absolute atomic E-state index is 0.146. The Balaban J connectivity index is 2.03. The van der Waals surface area contributed by atoms with Crippen molar-refractivity contribution in [2.45, 2.75) is 37.4 Å². The number of primary amides is 1. The molecule has 9 heteroatoms. The molecule has 0 bridgehead atoms. The average Bonchev–Trinajstić information content (AvgIpc) is 3.06. The van der Waals surface area contributed by atoms with Crippen LogP contribution in [0, 0.1) is 11.3 Å². The fourth-order valence-electron chi connectivity index (χ4n) is 2.87. The number of hydrogen-bond donors (Lipinski definition) is 5. The highest BCUT2D eigenvalue weighted by Crippen LogP contribution is 2.47. The van der Waals surface area contributed by atoms with E-state index in [9.17, 15) is 14.4 Å². The van der Waals surface area contributed by atoms with Gasteiger partial charge in [-0.15, -0.1) is 0 Å². The average molecular weight is 313 g/mol. The lowest BCUT2D eigenvalue weighted by atomic mass is 10.1. The number of Topliss-reactive ketones (excluding diaryl/α,β-unsaturated/α-hetero) is 1. The maximum absolute atomic E-state index is 12.3. The minimum Gasteiger partial charge on any atom is -0.370 e. The minimum atomic E-state index is -1.08. The second kappa shape index (κ2) is 5.92. The van der Waals surface area contributed by atoms with Crippen molar-refractivity contribution in [1.29, 1.82) is 5.41 Å². The van der Waals surface area contributed by atoms with Crippen LogP contribution in [0.4, 0.5) is 0 Å². The molecule has 2 fully saturated rings. The number of ketones is 1. The Kier molecular flexibility index (Phi) is 4.40. The lowest BCUT2D eigenvalue weighted by Crippen LogP contribution is -2.54. The number of amides is 2. The summed E-state index contributed by atoms with van der Waals surface area (Å²) in [6.07, 6.45) is 1.76. The number of carbonyl (C=O) groups excluding carboxylic acids is 3. The summed E-state index contributed by atoms with van der Waals surface area (Å²) in [7, 11) is 0. The number of rotatable bonds is 6. The summed E-state index contributed by atoms with van der Waals surface area (Å²) < 4.78 is 0. The molecule has 0 aromatic heterocycles. The van der Waals surface area contributed by atoms with Gasteiger partial charge in [0.2, 0.25) is 11.7 Å². The first-order valence-corrected chi connectivity index (χ1v) is 7.37. The largest absolute Gasteiger partial charge is 0.370 e. The molecule has 0 radical (unpaired) electrons. The number of fused-ring (bicyclic) bond motifs is 1. The molecule has 0 aromatic carbocycles. The van der Waals surface area contributed by atoms with E-state index in [1.54, 1.807) is 4.90 Å². The lowest BCUT2D eigenvalue weighted by Gasteiger charge is -2.28. The first-order valence-electron chi connectivity index (χ1n) is 6.74. The lowest BCUT2D eigenvalue weighted by molar-refractivity contribution is -0.138. The van der Waals surface area contributed by atoms with Crippen LogP contribution in [-0.2, 0) is 14.4 Å². The van der Waals surface area contributed by atoms with Crippen LogP contribution < -0.4 is 16.8 Å². The molecule has 1 aliphatic heterocycles. The number of carbonyl (C=O) groups is 3. The summed E-state index contributed by atoms with van der Waals surface area (Å²) in [5, 5.41) is 10.1. The number of guanidine groups is 1. The molecule has 6 N–H and O–H groups in total. The van der Waals surface area contributed by atoms with E-state index in [0.717, 1.165) is 6.42 Å². The zero-order valence-corrected chi connectivity index (χ0v) is 12.3. The zero-order valence-electron chi connectivity index (χ0n) is 11.4. The van der Waals surface area contributed by atoms with Crippen LogP contribution in [0.2, 0.25) is 0 Å². The van der Waals surface area contributed by atoms with E-state index in [1.165, 1.54) is 0 Å². The number of piperidine rings is 1. The molecule has 1 saturated heterocycles. The second-order valence-corrected chi connectivity index (χ2v) is 5.86. The Morgan fingerprint density at radius 2 is 2.00 bits per heavy atom. The summed E-state index contributed by atoms with van der Waals surface area (Å²) in [5.41, 5.74) is 10.5. The molecule has 116 valence electrons. The monoisotopic (exact) mass is 313 g/mol. The Morgan fingerprint density at radius 1 is 1.33 bits per heavy atom. The molecule has 1 aliphatic carbocycles. The standard InChI is InChI=1S/C12H19N5O3S/c13-10(19)9(18)6(1-2-21)16-11(20)8-4-5-3-7(5)17(8)12(14)15/h5-8,21H,1-4H2,(H2,13,19)(H3,14,15)(H,16,20). The summed E-state index contributed by atoms with van der Waals surface area (Å²) in [5.74, 6) is -1.77. The van der Waals surface area contributed by atoms with Gasteiger partial charge in [-0.2, -0.15) is 12.6 Å². The normalized spacial score (nSPS) is 27.7. The highest BCUT2D eigenvalue weighted by atomic mass is 32.1. The maximum Gasteiger partial charge on any atom is 0.287 e. The summed E-state index contributed by atoms with van der Waals surface area (Å²) in [6.45, 7) is 0. The van der Waals surface area contributed by atoms with Gasteiger partial charge in [-0.3, -0.25) is 19.8 Å². The Bertz CT molecular complexity index is 497. The number of likely N-dealkylation sites (tertiary alicyclic amines) is 1. The molecule has 21 heavy (non-hydrogen) atoms. The summed E-state index contributed by atoms with van der Waals surface area (Å²) in [6, 6.07) is -1.39. The van der Waals surface area contributed by atoms with Crippen LogP contribution in [0.25, 0.3) is 0 Å². The van der Waals surface area contributed by atoms with Crippen LogP contribution in [0.15, 0.2) is 0 Å². The predicted octanol–water partition coefficient (Wildman–Crippen LogP) is -1.80. The molecule has 2 aliphatic rings. The van der Waals surface area contributed by atoms with E-state index in [4.69, 9.17) is 16.9 Å². The molecule has 2 rings (SSSR count). The number of nitrogens with two attached hydrogens (primary N) is 2. The summed E-state index contributed by atoms with van der Waals surface area (Å²) in [4.78, 5) is 36.5. The Labute approximate surface area is 127 Å². The van der Waals surface area contributed by atoms with Gasteiger partial charge in [0.15, 0.2) is 5.96 Å². The van der Waals surface area contributed by atoms with Crippen molar-refractivity contribution in [2.24, 2.45) is 17.4 Å². The van der Waals surface area contributed by atoms with Crippen molar-refractivity contribution in [3.63, 3.8) is 0 Å². The van der Waals surface area contributed by atoms with Gasteiger partial charge in [0, 0.05) is 6.04 Å². The smallest absolute Gasteiger partial charge is 0.287 e. The van der Waals surface area contributed by atoms with Crippen molar-refractivity contribution in [3.05, 3.63) is 0 Å². The van der Waals surface area contributed by atoms with E-state index < -0.39 is 29.7 Å². The first-order chi connectivity index (χ1) is 9.86. The number of nitrogens with one attached hydrogen (secondary N) is 2. The molecule has 4 unspecified atom stereocenters. The topological polar surface area (TPSA) is 142 Å². The Morgan fingerprint density at radius 3 is 2.52 bits per heavy atom. The second-order valence-electron chi connectivity index (χ2n) is 5.41. The van der Waals surface area contributed by atoms with E-state index in [0.29, 0.717) is 18.1 Å². The quantitative estimate of drug-likeness (QED) is 0.170. The number of nitrogens with zero attached hydrogens (tertiary/aromatic N) is 1. The van der Waals surface area contributed by atoms with Crippen molar-refractivity contribution in [1.82, 2.24) is 10.2 Å². The van der Waals surface area contributed by atoms with E-state index in [2.05, 4.69) is 17.9 Å². The molecule has 1 heterocycles. The fourth-order valence-corrected chi connectivity index (χ4v) is 3.13. The van der Waals surface area contributed by atoms with Gasteiger partial charge in [0.05, 0.1) is 6.04 Å². The van der Waals surface area contributed by atoms with Gasteiger partial charge in [-0.05, 0) is 30.9 Å². The van der Waals surface area contributed by atoms with Gasteiger partial charge in [-0.1, -0.05) is 0 Å². The third kappa shape index (κ3) is 3.12. The van der Waals surface area contributed by atoms with Gasteiger partial charge >= 0.3 is 0 Å². The van der Waals surface area contributed by atoms with Crippen LogP contribution in [0.5, 0.6) is 0 Å². The fraction of sp³-hybridized carbons (Fsp3) is 0.667. The van der Waals surface area contributed by atoms with E-state index in [-0.39, 0.29) is 18.4 Å². The third-order valence-corrected chi connectivity index (χ3v) is 4.24. The van der Waals surface area contributed by atoms with Crippen LogP contribution in [-0.4, -0.2) is 52.3 Å². The molecule has 1 saturated carbocycles. The van der Waals surface area contributed by atoms with Crippen LogP contribution in [0.1, 0.15) is 19.3 Å². The van der Waals surface area contributed by atoms with E-state index in [1.807, 2.05) is 0 Å². The zero-order chi connectivity index (χ0) is 15.7. The van der Waals surface area contributed by atoms with Crippen molar-refractivity contribution >= 4 is 36.2 Å².